The number of hydrogen-bond acceptors (Lipinski definition) is 1. The Labute approximate surface area is 88.8 Å². The Morgan fingerprint density at radius 1 is 1.00 bits per heavy atom. The fourth-order valence-electron chi connectivity index (χ4n) is 3.80. The zero-order valence-electron chi connectivity index (χ0n) is 8.39. The number of allylic oxidation sites excluding steroid dienone is 2. The van der Waals surface area contributed by atoms with Crippen LogP contribution in [0.4, 0.5) is 0 Å². The topological polar surface area (TPSA) is 17.1 Å². The van der Waals surface area contributed by atoms with Crippen molar-refractivity contribution < 1.29 is 4.79 Å². The average Bonchev–Trinajstić information content (AvgIpc) is 2.92. The minimum absolute atomic E-state index is 0.275. The fourth-order valence-corrected chi connectivity index (χ4v) is 3.80. The van der Waals surface area contributed by atoms with E-state index in [1.54, 1.807) is 0 Å². The van der Waals surface area contributed by atoms with E-state index in [9.17, 15) is 4.79 Å². The van der Waals surface area contributed by atoms with E-state index in [0.717, 1.165) is 5.56 Å². The van der Waals surface area contributed by atoms with E-state index in [1.807, 2.05) is 12.1 Å². The Bertz CT molecular complexity index is 486. The van der Waals surface area contributed by atoms with Crippen LogP contribution in [0.5, 0.6) is 0 Å². The third-order valence-corrected chi connectivity index (χ3v) is 4.35. The smallest absolute Gasteiger partial charge is 0.167 e. The summed E-state index contributed by atoms with van der Waals surface area (Å²) in [6.45, 7) is 0. The van der Waals surface area contributed by atoms with Crippen molar-refractivity contribution in [2.45, 2.75) is 12.3 Å². The lowest BCUT2D eigenvalue weighted by molar-refractivity contribution is 0.0911. The molecule has 4 rings (SSSR count). The molecule has 0 aliphatic heterocycles. The largest absolute Gasteiger partial charge is 0.294 e. The summed E-state index contributed by atoms with van der Waals surface area (Å²) < 4.78 is 0. The van der Waals surface area contributed by atoms with Gasteiger partial charge >= 0.3 is 0 Å². The predicted octanol–water partition coefficient (Wildman–Crippen LogP) is 2.79. The lowest BCUT2D eigenvalue weighted by Crippen LogP contribution is -2.18. The maximum Gasteiger partial charge on any atom is 0.167 e. The number of hydrogen-bond donors (Lipinski definition) is 0. The molecule has 2 bridgehead atoms. The van der Waals surface area contributed by atoms with Gasteiger partial charge in [-0.05, 0) is 23.8 Å². The van der Waals surface area contributed by atoms with E-state index in [0.29, 0.717) is 23.5 Å². The van der Waals surface area contributed by atoms with Crippen LogP contribution in [-0.4, -0.2) is 5.78 Å². The highest BCUT2D eigenvalue weighted by molar-refractivity contribution is 6.04. The van der Waals surface area contributed by atoms with E-state index in [1.165, 1.54) is 12.0 Å². The number of fused-ring (bicyclic) bond motifs is 7. The van der Waals surface area contributed by atoms with Crippen molar-refractivity contribution >= 4 is 5.78 Å². The summed E-state index contributed by atoms with van der Waals surface area (Å²) in [7, 11) is 0. The summed E-state index contributed by atoms with van der Waals surface area (Å²) >= 11 is 0. The number of ketones is 1. The van der Waals surface area contributed by atoms with Crippen molar-refractivity contribution in [1.82, 2.24) is 0 Å². The first-order valence-corrected chi connectivity index (χ1v) is 5.68. The Kier molecular flexibility index (Phi) is 1.26. The molecular formula is C14H12O. The van der Waals surface area contributed by atoms with Gasteiger partial charge in [0.05, 0.1) is 0 Å². The Morgan fingerprint density at radius 3 is 2.60 bits per heavy atom. The monoisotopic (exact) mass is 196 g/mol. The molecule has 4 atom stereocenters. The summed E-state index contributed by atoms with van der Waals surface area (Å²) in [5, 5.41) is 0. The number of Topliss-reactive ketones (excluding diaryl/α,β-unsaturated/α-hetero) is 1. The van der Waals surface area contributed by atoms with Crippen LogP contribution in [0.2, 0.25) is 0 Å². The lowest BCUT2D eigenvalue weighted by Gasteiger charge is -2.19. The van der Waals surface area contributed by atoms with Crippen LogP contribution in [0.25, 0.3) is 0 Å². The highest BCUT2D eigenvalue weighted by Crippen LogP contribution is 2.58. The van der Waals surface area contributed by atoms with Gasteiger partial charge in [-0.2, -0.15) is 0 Å². The standard InChI is InChI=1S/C14H12O/c15-14-11-4-2-1-3-10(11)12-8-5-6-9(7-8)13(12)14/h1-6,8-9,12-13H,7H2/t8-,9-,12+,13+/m0/s1. The second-order valence-corrected chi connectivity index (χ2v) is 4.95. The van der Waals surface area contributed by atoms with Crippen LogP contribution in [0.3, 0.4) is 0 Å². The van der Waals surface area contributed by atoms with Crippen molar-refractivity contribution in [3.63, 3.8) is 0 Å². The quantitative estimate of drug-likeness (QED) is 0.583. The van der Waals surface area contributed by atoms with Gasteiger partial charge in [-0.1, -0.05) is 36.4 Å². The van der Waals surface area contributed by atoms with E-state index in [4.69, 9.17) is 0 Å². The van der Waals surface area contributed by atoms with Crippen molar-refractivity contribution in [1.29, 1.82) is 0 Å². The van der Waals surface area contributed by atoms with Crippen molar-refractivity contribution in [3.8, 4) is 0 Å². The van der Waals surface area contributed by atoms with Gasteiger partial charge in [0.15, 0.2) is 5.78 Å². The molecule has 0 spiro atoms. The zero-order valence-corrected chi connectivity index (χ0v) is 8.39. The van der Waals surface area contributed by atoms with Gasteiger partial charge in [-0.3, -0.25) is 4.79 Å². The predicted molar refractivity (Wildman–Crippen MR) is 57.7 cm³/mol. The summed E-state index contributed by atoms with van der Waals surface area (Å²) in [6, 6.07) is 8.18. The molecule has 3 aliphatic carbocycles. The van der Waals surface area contributed by atoms with E-state index >= 15 is 0 Å². The third kappa shape index (κ3) is 0.785. The Hall–Kier alpha value is -1.37. The molecule has 1 nitrogen and oxygen atoms in total. The van der Waals surface area contributed by atoms with Crippen LogP contribution in [0.15, 0.2) is 36.4 Å². The van der Waals surface area contributed by atoms with Crippen molar-refractivity contribution in [2.24, 2.45) is 17.8 Å². The molecule has 0 unspecified atom stereocenters. The molecule has 74 valence electrons. The van der Waals surface area contributed by atoms with Crippen LogP contribution >= 0.6 is 0 Å². The molecule has 1 fully saturated rings. The van der Waals surface area contributed by atoms with E-state index in [-0.39, 0.29) is 5.92 Å². The van der Waals surface area contributed by atoms with Gasteiger partial charge in [-0.15, -0.1) is 0 Å². The molecule has 1 saturated carbocycles. The highest BCUT2D eigenvalue weighted by Gasteiger charge is 2.53. The summed E-state index contributed by atoms with van der Waals surface area (Å²) in [5.41, 5.74) is 2.30. The van der Waals surface area contributed by atoms with Gasteiger partial charge in [0, 0.05) is 17.4 Å². The van der Waals surface area contributed by atoms with Gasteiger partial charge in [0.1, 0.15) is 0 Å². The number of carbonyl (C=O) groups is 1. The molecule has 0 N–H and O–H groups in total. The second-order valence-electron chi connectivity index (χ2n) is 4.95. The van der Waals surface area contributed by atoms with E-state index in [2.05, 4.69) is 24.3 Å². The van der Waals surface area contributed by atoms with Crippen LogP contribution in [0, 0.1) is 17.8 Å². The fraction of sp³-hybridized carbons (Fsp3) is 0.357. The molecule has 0 aromatic heterocycles. The summed E-state index contributed by atoms with van der Waals surface area (Å²) in [6.07, 6.45) is 5.78. The molecule has 0 heterocycles. The molecule has 0 amide bonds. The number of benzene rings is 1. The summed E-state index contributed by atoms with van der Waals surface area (Å²) in [4.78, 5) is 12.2. The Morgan fingerprint density at radius 2 is 1.73 bits per heavy atom. The van der Waals surface area contributed by atoms with Crippen molar-refractivity contribution in [2.75, 3.05) is 0 Å². The molecular weight excluding hydrogens is 184 g/mol. The number of carbonyl (C=O) groups excluding carboxylic acids is 1. The van der Waals surface area contributed by atoms with E-state index < -0.39 is 0 Å². The van der Waals surface area contributed by atoms with Gasteiger partial charge in [0.25, 0.3) is 0 Å². The maximum absolute atomic E-state index is 12.2. The van der Waals surface area contributed by atoms with Crippen LogP contribution in [0.1, 0.15) is 28.3 Å². The minimum atomic E-state index is 0.275. The molecule has 1 heteroatoms. The first-order chi connectivity index (χ1) is 7.36. The van der Waals surface area contributed by atoms with Crippen LogP contribution in [-0.2, 0) is 0 Å². The average molecular weight is 196 g/mol. The molecule has 1 aromatic rings. The maximum atomic E-state index is 12.2. The normalized spacial score (nSPS) is 39.6. The summed E-state index contributed by atoms with van der Waals surface area (Å²) in [5.74, 6) is 2.33. The number of rotatable bonds is 0. The van der Waals surface area contributed by atoms with Gasteiger partial charge in [-0.25, -0.2) is 0 Å². The minimum Gasteiger partial charge on any atom is -0.294 e. The molecule has 0 saturated heterocycles. The molecule has 3 aliphatic rings. The van der Waals surface area contributed by atoms with Gasteiger partial charge in [0.2, 0.25) is 0 Å². The first kappa shape index (κ1) is 7.86. The highest BCUT2D eigenvalue weighted by atomic mass is 16.1. The van der Waals surface area contributed by atoms with Gasteiger partial charge < -0.3 is 0 Å². The molecule has 0 radical (unpaired) electrons. The van der Waals surface area contributed by atoms with Crippen LogP contribution < -0.4 is 0 Å². The van der Waals surface area contributed by atoms with Crippen molar-refractivity contribution in [3.05, 3.63) is 47.5 Å². The molecule has 1 aromatic carbocycles. The second kappa shape index (κ2) is 2.41. The lowest BCUT2D eigenvalue weighted by atomic mass is 9.83. The Balaban J connectivity index is 1.96. The SMILES string of the molecule is O=C1c2ccccc2[C@@H]2[C@H]1[C@H]1C=C[C@H]2C1. The first-order valence-electron chi connectivity index (χ1n) is 5.68. The zero-order chi connectivity index (χ0) is 9.99. The molecule has 15 heavy (non-hydrogen) atoms. The third-order valence-electron chi connectivity index (χ3n) is 4.35.